The molecule has 10 nitrogen and oxygen atoms in total. The Labute approximate surface area is 151 Å². The first kappa shape index (κ1) is 17.6. The molecule has 0 radical (unpaired) electrons. The van der Waals surface area contributed by atoms with Gasteiger partial charge in [-0.25, -0.2) is 15.0 Å². The molecule has 2 aromatic rings. The zero-order chi connectivity index (χ0) is 18.1. The number of hydrogen-bond acceptors (Lipinski definition) is 9. The van der Waals surface area contributed by atoms with Gasteiger partial charge in [-0.05, 0) is 19.4 Å². The number of anilines is 1. The number of hydrogen-bond donors (Lipinski definition) is 4. The number of aromatic nitrogens is 4. The van der Waals surface area contributed by atoms with Crippen molar-refractivity contribution in [2.75, 3.05) is 38.0 Å². The van der Waals surface area contributed by atoms with Crippen LogP contribution in [0, 0.1) is 0 Å². The molecule has 142 valence electrons. The second-order valence-corrected chi connectivity index (χ2v) is 6.82. The summed E-state index contributed by atoms with van der Waals surface area (Å²) in [5.41, 5.74) is 6.68. The van der Waals surface area contributed by atoms with Gasteiger partial charge in [-0.2, -0.15) is 0 Å². The number of ether oxygens (including phenoxy) is 1. The van der Waals surface area contributed by atoms with Crippen molar-refractivity contribution in [3.63, 3.8) is 0 Å². The SMILES string of the molecule is NCCCCNc1ncnc2c1ncn2[C@@H]1O[C@H](CN2CC2)C(O)[C@@H]1O. The van der Waals surface area contributed by atoms with Gasteiger partial charge in [0.2, 0.25) is 0 Å². The van der Waals surface area contributed by atoms with Crippen molar-refractivity contribution < 1.29 is 14.9 Å². The molecule has 1 unspecified atom stereocenters. The van der Waals surface area contributed by atoms with E-state index >= 15 is 0 Å². The fourth-order valence-electron chi connectivity index (χ4n) is 3.26. The van der Waals surface area contributed by atoms with Crippen LogP contribution in [0.3, 0.4) is 0 Å². The second kappa shape index (κ2) is 7.41. The molecular weight excluding hydrogens is 338 g/mol. The molecule has 2 aliphatic rings. The minimum atomic E-state index is -1.03. The van der Waals surface area contributed by atoms with Gasteiger partial charge in [0.15, 0.2) is 23.2 Å². The first-order valence-corrected chi connectivity index (χ1v) is 9.04. The maximum atomic E-state index is 10.4. The van der Waals surface area contributed by atoms with Crippen molar-refractivity contribution in [1.29, 1.82) is 0 Å². The molecule has 26 heavy (non-hydrogen) atoms. The average molecular weight is 363 g/mol. The summed E-state index contributed by atoms with van der Waals surface area (Å²) in [6.45, 7) is 4.04. The number of unbranched alkanes of at least 4 members (excludes halogenated alkanes) is 1. The molecule has 2 fully saturated rings. The molecule has 2 saturated heterocycles. The van der Waals surface area contributed by atoms with Crippen LogP contribution in [0.15, 0.2) is 12.7 Å². The van der Waals surface area contributed by atoms with E-state index in [4.69, 9.17) is 10.5 Å². The molecule has 2 aromatic heterocycles. The third-order valence-electron chi connectivity index (χ3n) is 4.87. The smallest absolute Gasteiger partial charge is 0.167 e. The minimum absolute atomic E-state index is 0.425. The highest BCUT2D eigenvalue weighted by Crippen LogP contribution is 2.33. The molecule has 4 heterocycles. The maximum absolute atomic E-state index is 10.4. The Morgan fingerprint density at radius 3 is 2.81 bits per heavy atom. The molecule has 10 heteroatoms. The lowest BCUT2D eigenvalue weighted by molar-refractivity contribution is -0.0375. The van der Waals surface area contributed by atoms with Crippen molar-refractivity contribution in [3.8, 4) is 0 Å². The molecule has 0 spiro atoms. The molecule has 4 atom stereocenters. The van der Waals surface area contributed by atoms with Gasteiger partial charge in [-0.15, -0.1) is 0 Å². The normalized spacial score (nSPS) is 28.7. The third-order valence-corrected chi connectivity index (χ3v) is 4.87. The zero-order valence-electron chi connectivity index (χ0n) is 14.5. The Morgan fingerprint density at radius 2 is 2.04 bits per heavy atom. The summed E-state index contributed by atoms with van der Waals surface area (Å²) in [6.07, 6.45) is 1.79. The van der Waals surface area contributed by atoms with Gasteiger partial charge in [0.05, 0.1) is 6.33 Å². The van der Waals surface area contributed by atoms with Crippen LogP contribution in [0.25, 0.3) is 11.2 Å². The Morgan fingerprint density at radius 1 is 1.19 bits per heavy atom. The first-order chi connectivity index (χ1) is 12.7. The fraction of sp³-hybridized carbons (Fsp3) is 0.688. The molecule has 4 rings (SSSR count). The summed E-state index contributed by atoms with van der Waals surface area (Å²) in [5, 5.41) is 24.0. The van der Waals surface area contributed by atoms with Crippen LogP contribution in [0.5, 0.6) is 0 Å². The molecule has 0 bridgehead atoms. The molecule has 5 N–H and O–H groups in total. The summed E-state index contributed by atoms with van der Waals surface area (Å²) in [4.78, 5) is 15.1. The van der Waals surface area contributed by atoms with Gasteiger partial charge in [-0.1, -0.05) is 0 Å². The largest absolute Gasteiger partial charge is 0.387 e. The minimum Gasteiger partial charge on any atom is -0.387 e. The number of fused-ring (bicyclic) bond motifs is 1. The first-order valence-electron chi connectivity index (χ1n) is 9.04. The Bertz CT molecular complexity index is 751. The van der Waals surface area contributed by atoms with Crippen LogP contribution in [0.1, 0.15) is 19.1 Å². The van der Waals surface area contributed by atoms with Crippen molar-refractivity contribution in [1.82, 2.24) is 24.4 Å². The Hall–Kier alpha value is -1.85. The summed E-state index contributed by atoms with van der Waals surface area (Å²) in [7, 11) is 0. The maximum Gasteiger partial charge on any atom is 0.167 e. The van der Waals surface area contributed by atoms with Crippen molar-refractivity contribution in [3.05, 3.63) is 12.7 Å². The number of aliphatic hydroxyl groups excluding tert-OH is 2. The third kappa shape index (κ3) is 3.38. The van der Waals surface area contributed by atoms with Gasteiger partial charge >= 0.3 is 0 Å². The van der Waals surface area contributed by atoms with Crippen LogP contribution in [0.2, 0.25) is 0 Å². The van der Waals surface area contributed by atoms with Crippen molar-refractivity contribution in [2.45, 2.75) is 37.4 Å². The van der Waals surface area contributed by atoms with E-state index in [1.807, 2.05) is 0 Å². The summed E-state index contributed by atoms with van der Waals surface area (Å²) >= 11 is 0. The van der Waals surface area contributed by atoms with Gasteiger partial charge < -0.3 is 26.0 Å². The summed E-state index contributed by atoms with van der Waals surface area (Å²) in [6, 6.07) is 0. The quantitative estimate of drug-likeness (QED) is 0.341. The molecule has 0 saturated carbocycles. The van der Waals surface area contributed by atoms with E-state index < -0.39 is 24.5 Å². The van der Waals surface area contributed by atoms with Crippen LogP contribution in [0.4, 0.5) is 5.82 Å². The lowest BCUT2D eigenvalue weighted by Crippen LogP contribution is -2.35. The van der Waals surface area contributed by atoms with Gasteiger partial charge in [0.1, 0.15) is 24.6 Å². The van der Waals surface area contributed by atoms with E-state index in [0.29, 0.717) is 30.1 Å². The highest BCUT2D eigenvalue weighted by Gasteiger charge is 2.45. The molecule has 0 amide bonds. The number of imidazole rings is 1. The number of aliphatic hydroxyl groups is 2. The van der Waals surface area contributed by atoms with E-state index in [-0.39, 0.29) is 0 Å². The van der Waals surface area contributed by atoms with E-state index in [1.165, 1.54) is 6.33 Å². The van der Waals surface area contributed by atoms with Crippen molar-refractivity contribution >= 4 is 17.0 Å². The number of rotatable bonds is 8. The second-order valence-electron chi connectivity index (χ2n) is 6.82. The zero-order valence-corrected chi connectivity index (χ0v) is 14.5. The van der Waals surface area contributed by atoms with Crippen LogP contribution in [-0.4, -0.2) is 85.7 Å². The van der Waals surface area contributed by atoms with Crippen LogP contribution in [-0.2, 0) is 4.74 Å². The highest BCUT2D eigenvalue weighted by molar-refractivity contribution is 5.82. The standard InChI is InChI=1S/C16H25N7O3/c17-3-1-2-4-18-14-11-15(20-8-19-14)23(9-21-11)16-13(25)12(24)10(26-16)7-22-5-6-22/h8-10,12-13,16,24-25H,1-7,17H2,(H,18,19,20)/t10-,12?,13+,16-/m1/s1. The molecular formula is C16H25N7O3. The lowest BCUT2D eigenvalue weighted by atomic mass is 10.1. The number of nitrogens with one attached hydrogen (secondary N) is 1. The van der Waals surface area contributed by atoms with Crippen LogP contribution < -0.4 is 11.1 Å². The highest BCUT2D eigenvalue weighted by atomic mass is 16.6. The average Bonchev–Trinajstić information content (AvgIpc) is 3.30. The Kier molecular flexibility index (Phi) is 5.00. The molecule has 2 aliphatic heterocycles. The predicted octanol–water partition coefficient (Wildman–Crippen LogP) is -1.09. The predicted molar refractivity (Wildman–Crippen MR) is 94.5 cm³/mol. The summed E-state index contributed by atoms with van der Waals surface area (Å²) in [5.74, 6) is 0.638. The van der Waals surface area contributed by atoms with E-state index in [9.17, 15) is 10.2 Å². The Balaban J connectivity index is 1.53. The number of nitrogens with zero attached hydrogens (tertiary/aromatic N) is 5. The summed E-state index contributed by atoms with van der Waals surface area (Å²) < 4.78 is 7.59. The van der Waals surface area contributed by atoms with E-state index in [2.05, 4.69) is 25.2 Å². The van der Waals surface area contributed by atoms with Gasteiger partial charge in [-0.3, -0.25) is 9.47 Å². The topological polar surface area (TPSA) is 134 Å². The lowest BCUT2D eigenvalue weighted by Gasteiger charge is -2.16. The van der Waals surface area contributed by atoms with E-state index in [1.54, 1.807) is 10.9 Å². The fourth-order valence-corrected chi connectivity index (χ4v) is 3.26. The molecule has 0 aromatic carbocycles. The number of nitrogens with two attached hydrogens (primary N) is 1. The van der Waals surface area contributed by atoms with Crippen molar-refractivity contribution in [2.24, 2.45) is 5.73 Å². The molecule has 0 aliphatic carbocycles. The van der Waals surface area contributed by atoms with Crippen LogP contribution >= 0.6 is 0 Å². The van der Waals surface area contributed by atoms with Gasteiger partial charge in [0, 0.05) is 26.2 Å². The van der Waals surface area contributed by atoms with E-state index in [0.717, 1.165) is 32.5 Å². The monoisotopic (exact) mass is 363 g/mol. The van der Waals surface area contributed by atoms with Gasteiger partial charge in [0.25, 0.3) is 0 Å².